The van der Waals surface area contributed by atoms with E-state index in [1.807, 2.05) is 30.8 Å². The molecule has 0 spiro atoms. The van der Waals surface area contributed by atoms with Gasteiger partial charge in [0.25, 0.3) is 0 Å². The second kappa shape index (κ2) is 9.59. The number of carbonyl (C=O) groups excluding carboxylic acids is 1. The number of hydrogen-bond acceptors (Lipinski definition) is 5. The van der Waals surface area contributed by atoms with Crippen molar-refractivity contribution in [3.63, 3.8) is 0 Å². The van der Waals surface area contributed by atoms with Crippen molar-refractivity contribution in [2.75, 3.05) is 37.7 Å². The number of piperidine rings is 1. The molecule has 3 heterocycles. The number of benzene rings is 1. The Labute approximate surface area is 184 Å². The third kappa shape index (κ3) is 4.87. The first-order valence-corrected chi connectivity index (χ1v) is 13.6. The van der Waals surface area contributed by atoms with Crippen LogP contribution in [-0.2, 0) is 19.6 Å². The Hall–Kier alpha value is -1.09. The summed E-state index contributed by atoms with van der Waals surface area (Å²) in [5.41, 5.74) is 1.04. The van der Waals surface area contributed by atoms with Gasteiger partial charge >= 0.3 is 0 Å². The predicted molar refractivity (Wildman–Crippen MR) is 119 cm³/mol. The average Bonchev–Trinajstić information content (AvgIpc) is 3.46. The number of hydrogen-bond donors (Lipinski definition) is 0. The van der Waals surface area contributed by atoms with Gasteiger partial charge in [-0.2, -0.15) is 16.1 Å². The molecule has 30 heavy (non-hydrogen) atoms. The van der Waals surface area contributed by atoms with Gasteiger partial charge < -0.3 is 9.64 Å². The van der Waals surface area contributed by atoms with Gasteiger partial charge in [0.15, 0.2) is 0 Å². The van der Waals surface area contributed by atoms with Crippen LogP contribution in [0.3, 0.4) is 0 Å². The fourth-order valence-electron chi connectivity index (χ4n) is 4.63. The van der Waals surface area contributed by atoms with E-state index in [0.717, 1.165) is 42.9 Å². The molecule has 1 amide bonds. The van der Waals surface area contributed by atoms with Gasteiger partial charge in [0.05, 0.1) is 11.0 Å². The summed E-state index contributed by atoms with van der Waals surface area (Å²) in [5.74, 6) is 2.21. The van der Waals surface area contributed by atoms with Crippen molar-refractivity contribution in [3.05, 3.63) is 29.8 Å². The average molecular weight is 453 g/mol. The quantitative estimate of drug-likeness (QED) is 0.664. The Bertz CT molecular complexity index is 823. The van der Waals surface area contributed by atoms with E-state index >= 15 is 0 Å². The monoisotopic (exact) mass is 452 g/mol. The molecule has 0 aliphatic carbocycles. The van der Waals surface area contributed by atoms with Crippen molar-refractivity contribution in [1.29, 1.82) is 0 Å². The van der Waals surface area contributed by atoms with Crippen molar-refractivity contribution < 1.29 is 17.9 Å². The molecule has 2 unspecified atom stereocenters. The number of ether oxygens (including phenoxy) is 1. The fourth-order valence-corrected chi connectivity index (χ4v) is 7.33. The van der Waals surface area contributed by atoms with E-state index in [-0.39, 0.29) is 17.9 Å². The highest BCUT2D eigenvalue weighted by Gasteiger charge is 2.37. The molecule has 0 saturated carbocycles. The molecule has 8 heteroatoms. The van der Waals surface area contributed by atoms with Crippen LogP contribution in [0.5, 0.6) is 0 Å². The molecule has 3 saturated heterocycles. The van der Waals surface area contributed by atoms with E-state index in [9.17, 15) is 13.2 Å². The maximum absolute atomic E-state index is 13.4. The molecule has 3 aliphatic heterocycles. The standard InChI is InChI=1S/C22H32N2O4S2/c1-17-4-6-21(7-5-17)30(26,27)23-11-8-18(9-12-23)22(25)24(19-10-14-29-16-19)15-20-3-2-13-28-20/h4-7,18-20H,2-3,8-16H2,1H3. The Balaban J connectivity index is 1.40. The summed E-state index contributed by atoms with van der Waals surface area (Å²) in [6.45, 7) is 4.23. The number of rotatable bonds is 6. The number of amides is 1. The van der Waals surface area contributed by atoms with Crippen molar-refractivity contribution >= 4 is 27.7 Å². The maximum Gasteiger partial charge on any atom is 0.243 e. The van der Waals surface area contributed by atoms with Crippen molar-refractivity contribution in [1.82, 2.24) is 9.21 Å². The van der Waals surface area contributed by atoms with Crippen LogP contribution in [0.25, 0.3) is 0 Å². The van der Waals surface area contributed by atoms with Crippen molar-refractivity contribution in [2.24, 2.45) is 5.92 Å². The van der Waals surface area contributed by atoms with Crippen molar-refractivity contribution in [2.45, 2.75) is 56.1 Å². The number of carbonyl (C=O) groups is 1. The minimum Gasteiger partial charge on any atom is -0.376 e. The zero-order chi connectivity index (χ0) is 21.1. The Morgan fingerprint density at radius 3 is 2.50 bits per heavy atom. The van der Waals surface area contributed by atoms with E-state index < -0.39 is 10.0 Å². The van der Waals surface area contributed by atoms with Crippen LogP contribution in [0.4, 0.5) is 0 Å². The minimum atomic E-state index is -3.50. The molecule has 0 radical (unpaired) electrons. The lowest BCUT2D eigenvalue weighted by Crippen LogP contribution is -2.50. The lowest BCUT2D eigenvalue weighted by atomic mass is 9.95. The topological polar surface area (TPSA) is 66.9 Å². The number of nitrogens with zero attached hydrogens (tertiary/aromatic N) is 2. The van der Waals surface area contributed by atoms with Crippen LogP contribution in [0.1, 0.15) is 37.7 Å². The highest BCUT2D eigenvalue weighted by molar-refractivity contribution is 7.99. The molecule has 1 aromatic carbocycles. The highest BCUT2D eigenvalue weighted by atomic mass is 32.2. The first kappa shape index (κ1) is 22.1. The number of aryl methyl sites for hydroxylation is 1. The van der Waals surface area contributed by atoms with Crippen LogP contribution in [0.2, 0.25) is 0 Å². The number of sulfonamides is 1. The largest absolute Gasteiger partial charge is 0.376 e. The zero-order valence-corrected chi connectivity index (χ0v) is 19.3. The summed E-state index contributed by atoms with van der Waals surface area (Å²) in [5, 5.41) is 0. The highest BCUT2D eigenvalue weighted by Crippen LogP contribution is 2.30. The molecule has 6 nitrogen and oxygen atoms in total. The SMILES string of the molecule is Cc1ccc(S(=O)(=O)N2CCC(C(=O)N(CC3CCCO3)C3CCSC3)CC2)cc1. The summed E-state index contributed by atoms with van der Waals surface area (Å²) in [4.78, 5) is 15.8. The molecule has 0 aromatic heterocycles. The third-order valence-corrected chi connectivity index (χ3v) is 9.57. The maximum atomic E-state index is 13.4. The summed E-state index contributed by atoms with van der Waals surface area (Å²) in [6.07, 6.45) is 4.47. The van der Waals surface area contributed by atoms with Gasteiger partial charge in [-0.3, -0.25) is 4.79 Å². The van der Waals surface area contributed by atoms with Gasteiger partial charge in [0.1, 0.15) is 0 Å². The summed E-state index contributed by atoms with van der Waals surface area (Å²) in [7, 11) is -3.50. The molecule has 3 aliphatic rings. The van der Waals surface area contributed by atoms with E-state index in [0.29, 0.717) is 43.4 Å². The molecule has 0 N–H and O–H groups in total. The second-order valence-corrected chi connectivity index (χ2v) is 11.7. The predicted octanol–water partition coefficient (Wildman–Crippen LogP) is 2.91. The van der Waals surface area contributed by atoms with Crippen molar-refractivity contribution in [3.8, 4) is 0 Å². The molecule has 1 aromatic rings. The van der Waals surface area contributed by atoms with Crippen LogP contribution < -0.4 is 0 Å². The van der Waals surface area contributed by atoms with E-state index in [1.165, 1.54) is 4.31 Å². The summed E-state index contributed by atoms with van der Waals surface area (Å²) >= 11 is 1.91. The van der Waals surface area contributed by atoms with Gasteiger partial charge in [-0.15, -0.1) is 0 Å². The molecule has 3 fully saturated rings. The first-order valence-electron chi connectivity index (χ1n) is 11.0. The minimum absolute atomic E-state index is 0.0959. The lowest BCUT2D eigenvalue weighted by Gasteiger charge is -2.37. The van der Waals surface area contributed by atoms with Gasteiger partial charge in [0, 0.05) is 44.0 Å². The molecule has 2 atom stereocenters. The molecule has 166 valence electrons. The Morgan fingerprint density at radius 1 is 1.17 bits per heavy atom. The molecule has 0 bridgehead atoms. The molecule has 4 rings (SSSR count). The lowest BCUT2D eigenvalue weighted by molar-refractivity contribution is -0.140. The Morgan fingerprint density at radius 2 is 1.90 bits per heavy atom. The van der Waals surface area contributed by atoms with Gasteiger partial charge in [-0.1, -0.05) is 17.7 Å². The molecular formula is C22H32N2O4S2. The third-order valence-electron chi connectivity index (χ3n) is 6.52. The van der Waals surface area contributed by atoms with E-state index in [4.69, 9.17) is 4.74 Å². The van der Waals surface area contributed by atoms with Gasteiger partial charge in [0.2, 0.25) is 15.9 Å². The summed E-state index contributed by atoms with van der Waals surface area (Å²) < 4.78 is 33.3. The van der Waals surface area contributed by atoms with Crippen LogP contribution in [-0.4, -0.2) is 73.4 Å². The van der Waals surface area contributed by atoms with E-state index in [2.05, 4.69) is 4.90 Å². The second-order valence-electron chi connectivity index (χ2n) is 8.63. The molecular weight excluding hydrogens is 420 g/mol. The smallest absolute Gasteiger partial charge is 0.243 e. The fraction of sp³-hybridized carbons (Fsp3) is 0.682. The van der Waals surface area contributed by atoms with Crippen LogP contribution >= 0.6 is 11.8 Å². The zero-order valence-electron chi connectivity index (χ0n) is 17.7. The van der Waals surface area contributed by atoms with Gasteiger partial charge in [-0.05, 0) is 56.9 Å². The van der Waals surface area contributed by atoms with Crippen LogP contribution in [0, 0.1) is 12.8 Å². The first-order chi connectivity index (χ1) is 14.4. The normalized spacial score (nSPS) is 26.2. The van der Waals surface area contributed by atoms with Gasteiger partial charge in [-0.25, -0.2) is 8.42 Å². The summed E-state index contributed by atoms with van der Waals surface area (Å²) in [6, 6.07) is 7.28. The van der Waals surface area contributed by atoms with E-state index in [1.54, 1.807) is 12.1 Å². The van der Waals surface area contributed by atoms with Crippen LogP contribution in [0.15, 0.2) is 29.2 Å². The Kier molecular flexibility index (Phi) is 7.07. The number of thioether (sulfide) groups is 1.